The lowest BCUT2D eigenvalue weighted by Gasteiger charge is -2.15. The fourth-order valence-corrected chi connectivity index (χ4v) is 2.58. The molecule has 0 aromatic rings. The van der Waals surface area contributed by atoms with Gasteiger partial charge >= 0.3 is 0 Å². The lowest BCUT2D eigenvalue weighted by Crippen LogP contribution is -2.31. The summed E-state index contributed by atoms with van der Waals surface area (Å²) >= 11 is 0. The third-order valence-electron chi connectivity index (χ3n) is 3.63. The minimum atomic E-state index is 0.284. The maximum absolute atomic E-state index is 11.7. The van der Waals surface area contributed by atoms with Crippen LogP contribution in [0.3, 0.4) is 0 Å². The van der Waals surface area contributed by atoms with E-state index in [-0.39, 0.29) is 5.91 Å². The summed E-state index contributed by atoms with van der Waals surface area (Å²) in [4.78, 5) is 11.7. The van der Waals surface area contributed by atoms with E-state index in [1.165, 1.54) is 18.4 Å². The lowest BCUT2D eigenvalue weighted by atomic mass is 10.1. The summed E-state index contributed by atoms with van der Waals surface area (Å²) in [7, 11) is 0. The molecule has 16 heavy (non-hydrogen) atoms. The SMILES string of the molecule is O=C(NCCC1=CCNCC1)C1CCCC1. The Hall–Kier alpha value is -0.830. The molecule has 1 aliphatic heterocycles. The lowest BCUT2D eigenvalue weighted by molar-refractivity contribution is -0.124. The molecule has 0 radical (unpaired) electrons. The molecule has 0 aromatic heterocycles. The van der Waals surface area contributed by atoms with Crippen molar-refractivity contribution < 1.29 is 4.79 Å². The summed E-state index contributed by atoms with van der Waals surface area (Å²) < 4.78 is 0. The predicted octanol–water partition coefficient (Wildman–Crippen LogP) is 1.60. The van der Waals surface area contributed by atoms with Crippen molar-refractivity contribution in [3.8, 4) is 0 Å². The quantitative estimate of drug-likeness (QED) is 0.709. The molecule has 0 atom stereocenters. The minimum absolute atomic E-state index is 0.284. The Balaban J connectivity index is 1.63. The molecular formula is C13H22N2O. The number of rotatable bonds is 4. The molecule has 0 spiro atoms. The van der Waals surface area contributed by atoms with Gasteiger partial charge in [0.1, 0.15) is 0 Å². The standard InChI is InChI=1S/C13H22N2O/c16-13(12-3-1-2-4-12)15-10-7-11-5-8-14-9-6-11/h5,12,14H,1-4,6-10H2,(H,15,16). The van der Waals surface area contributed by atoms with Gasteiger partial charge in [0.25, 0.3) is 0 Å². The van der Waals surface area contributed by atoms with E-state index < -0.39 is 0 Å². The molecule has 0 saturated heterocycles. The molecule has 2 N–H and O–H groups in total. The van der Waals surface area contributed by atoms with Crippen molar-refractivity contribution in [1.29, 1.82) is 0 Å². The third kappa shape index (κ3) is 3.34. The van der Waals surface area contributed by atoms with E-state index in [0.29, 0.717) is 5.92 Å². The first kappa shape index (κ1) is 11.6. The Bertz CT molecular complexity index is 267. The fourth-order valence-electron chi connectivity index (χ4n) is 2.58. The monoisotopic (exact) mass is 222 g/mol. The van der Waals surface area contributed by atoms with Crippen LogP contribution in [0.25, 0.3) is 0 Å². The second-order valence-corrected chi connectivity index (χ2v) is 4.84. The average Bonchev–Trinajstić information content (AvgIpc) is 2.84. The van der Waals surface area contributed by atoms with Gasteiger partial charge in [-0.15, -0.1) is 0 Å². The van der Waals surface area contributed by atoms with Crippen LogP contribution in [0.15, 0.2) is 11.6 Å². The maximum Gasteiger partial charge on any atom is 0.223 e. The van der Waals surface area contributed by atoms with Gasteiger partial charge in [-0.1, -0.05) is 24.5 Å². The second kappa shape index (κ2) is 6.04. The Morgan fingerprint density at radius 2 is 2.25 bits per heavy atom. The highest BCUT2D eigenvalue weighted by Gasteiger charge is 2.21. The number of hydrogen-bond donors (Lipinski definition) is 2. The van der Waals surface area contributed by atoms with Gasteiger partial charge < -0.3 is 10.6 Å². The predicted molar refractivity (Wildman–Crippen MR) is 65.2 cm³/mol. The average molecular weight is 222 g/mol. The summed E-state index contributed by atoms with van der Waals surface area (Å²) in [6.45, 7) is 2.90. The van der Waals surface area contributed by atoms with Crippen molar-refractivity contribution in [2.75, 3.05) is 19.6 Å². The number of amides is 1. The van der Waals surface area contributed by atoms with Crippen LogP contribution < -0.4 is 10.6 Å². The fraction of sp³-hybridized carbons (Fsp3) is 0.769. The molecule has 0 bridgehead atoms. The van der Waals surface area contributed by atoms with Gasteiger partial charge in [0.15, 0.2) is 0 Å². The van der Waals surface area contributed by atoms with E-state index >= 15 is 0 Å². The smallest absolute Gasteiger partial charge is 0.223 e. The van der Waals surface area contributed by atoms with E-state index in [4.69, 9.17) is 0 Å². The van der Waals surface area contributed by atoms with Gasteiger partial charge in [0.2, 0.25) is 5.91 Å². The summed E-state index contributed by atoms with van der Waals surface area (Å²) in [6.07, 6.45) is 9.07. The zero-order valence-electron chi connectivity index (χ0n) is 9.93. The molecule has 2 aliphatic rings. The molecule has 3 heteroatoms. The number of carbonyl (C=O) groups is 1. The van der Waals surface area contributed by atoms with Crippen molar-refractivity contribution in [1.82, 2.24) is 10.6 Å². The van der Waals surface area contributed by atoms with Crippen LogP contribution in [0, 0.1) is 5.92 Å². The van der Waals surface area contributed by atoms with Crippen molar-refractivity contribution in [3.63, 3.8) is 0 Å². The van der Waals surface area contributed by atoms with Crippen LogP contribution in [-0.2, 0) is 4.79 Å². The van der Waals surface area contributed by atoms with E-state index in [1.807, 2.05) is 0 Å². The Morgan fingerprint density at radius 3 is 2.94 bits per heavy atom. The summed E-state index contributed by atoms with van der Waals surface area (Å²) in [5, 5.41) is 6.37. The third-order valence-corrected chi connectivity index (χ3v) is 3.63. The maximum atomic E-state index is 11.7. The van der Waals surface area contributed by atoms with Crippen molar-refractivity contribution in [2.24, 2.45) is 5.92 Å². The van der Waals surface area contributed by atoms with Crippen molar-refractivity contribution in [2.45, 2.75) is 38.5 Å². The molecule has 90 valence electrons. The van der Waals surface area contributed by atoms with Gasteiger partial charge in [-0.05, 0) is 32.2 Å². The molecule has 1 aliphatic carbocycles. The Morgan fingerprint density at radius 1 is 1.44 bits per heavy atom. The molecule has 1 fully saturated rings. The molecule has 1 heterocycles. The molecule has 2 rings (SSSR count). The largest absolute Gasteiger partial charge is 0.356 e. The van der Waals surface area contributed by atoms with Crippen LogP contribution >= 0.6 is 0 Å². The highest BCUT2D eigenvalue weighted by atomic mass is 16.1. The Labute approximate surface area is 97.7 Å². The first-order chi connectivity index (χ1) is 7.86. The highest BCUT2D eigenvalue weighted by molar-refractivity contribution is 5.78. The van der Waals surface area contributed by atoms with Gasteiger partial charge in [-0.3, -0.25) is 4.79 Å². The summed E-state index contributed by atoms with van der Waals surface area (Å²) in [5.41, 5.74) is 1.49. The number of nitrogens with one attached hydrogen (secondary N) is 2. The first-order valence-corrected chi connectivity index (χ1v) is 6.52. The zero-order valence-corrected chi connectivity index (χ0v) is 9.93. The van der Waals surface area contributed by atoms with Gasteiger partial charge in [-0.2, -0.15) is 0 Å². The van der Waals surface area contributed by atoms with Gasteiger partial charge in [0, 0.05) is 19.0 Å². The van der Waals surface area contributed by atoms with E-state index in [2.05, 4.69) is 16.7 Å². The molecular weight excluding hydrogens is 200 g/mol. The summed E-state index contributed by atoms with van der Waals surface area (Å²) in [5.74, 6) is 0.592. The normalized spacial score (nSPS) is 21.9. The molecule has 0 aromatic carbocycles. The molecule has 1 saturated carbocycles. The topological polar surface area (TPSA) is 41.1 Å². The molecule has 3 nitrogen and oxygen atoms in total. The number of hydrogen-bond acceptors (Lipinski definition) is 2. The number of carbonyl (C=O) groups excluding carboxylic acids is 1. The zero-order chi connectivity index (χ0) is 11.2. The molecule has 0 unspecified atom stereocenters. The first-order valence-electron chi connectivity index (χ1n) is 6.52. The Kier molecular flexibility index (Phi) is 4.40. The van der Waals surface area contributed by atoms with Crippen LogP contribution in [0.1, 0.15) is 38.5 Å². The van der Waals surface area contributed by atoms with Crippen LogP contribution in [0.5, 0.6) is 0 Å². The van der Waals surface area contributed by atoms with E-state index in [0.717, 1.165) is 45.3 Å². The molecule has 1 amide bonds. The minimum Gasteiger partial charge on any atom is -0.356 e. The van der Waals surface area contributed by atoms with Gasteiger partial charge in [0.05, 0.1) is 0 Å². The van der Waals surface area contributed by atoms with E-state index in [9.17, 15) is 4.79 Å². The van der Waals surface area contributed by atoms with E-state index in [1.54, 1.807) is 0 Å². The van der Waals surface area contributed by atoms with Crippen LogP contribution in [0.4, 0.5) is 0 Å². The van der Waals surface area contributed by atoms with Crippen LogP contribution in [0.2, 0.25) is 0 Å². The second-order valence-electron chi connectivity index (χ2n) is 4.84. The summed E-state index contributed by atoms with van der Waals surface area (Å²) in [6, 6.07) is 0. The van der Waals surface area contributed by atoms with Crippen molar-refractivity contribution >= 4 is 5.91 Å². The van der Waals surface area contributed by atoms with Crippen LogP contribution in [-0.4, -0.2) is 25.5 Å². The van der Waals surface area contributed by atoms with Gasteiger partial charge in [-0.25, -0.2) is 0 Å². The highest BCUT2D eigenvalue weighted by Crippen LogP contribution is 2.24. The van der Waals surface area contributed by atoms with Crippen molar-refractivity contribution in [3.05, 3.63) is 11.6 Å².